The fourth-order valence-corrected chi connectivity index (χ4v) is 6.23. The second kappa shape index (κ2) is 19.5. The van der Waals surface area contributed by atoms with E-state index in [1.807, 2.05) is 42.5 Å². The minimum absolute atomic E-state index is 0.0676. The summed E-state index contributed by atoms with van der Waals surface area (Å²) in [4.78, 5) is 55.6. The number of benzene rings is 2. The van der Waals surface area contributed by atoms with Crippen molar-refractivity contribution >= 4 is 23.7 Å². The van der Waals surface area contributed by atoms with E-state index in [2.05, 4.69) is 45.8 Å². The molecule has 0 spiro atoms. The highest BCUT2D eigenvalue weighted by Gasteiger charge is 2.38. The Morgan fingerprint density at radius 1 is 1.08 bits per heavy atom. The normalized spacial score (nSPS) is 19.3. The van der Waals surface area contributed by atoms with E-state index in [1.165, 1.54) is 0 Å². The lowest BCUT2D eigenvalue weighted by atomic mass is 9.68. The summed E-state index contributed by atoms with van der Waals surface area (Å²) in [5, 5.41) is 28.7. The number of amides is 3. The molecule has 1 saturated heterocycles. The zero-order chi connectivity index (χ0) is 36.7. The van der Waals surface area contributed by atoms with E-state index in [1.54, 1.807) is 25.3 Å². The quantitative estimate of drug-likeness (QED) is 0.0445. The molecule has 50 heavy (non-hydrogen) atoms. The number of nitrogens with two attached hydrogens (primary N) is 1. The van der Waals surface area contributed by atoms with E-state index < -0.39 is 11.1 Å². The maximum absolute atomic E-state index is 13.8. The number of phenols is 1. The highest BCUT2D eigenvalue weighted by atomic mass is 16.7. The molecule has 3 amide bonds. The number of hydrogen-bond donors (Lipinski definition) is 6. The van der Waals surface area contributed by atoms with Crippen LogP contribution in [0.2, 0.25) is 0 Å². The first-order chi connectivity index (χ1) is 23.8. The lowest BCUT2D eigenvalue weighted by Crippen LogP contribution is -2.49. The number of aromatic hydroxyl groups is 1. The third-order valence-electron chi connectivity index (χ3n) is 9.52. The Labute approximate surface area is 294 Å². The summed E-state index contributed by atoms with van der Waals surface area (Å²) >= 11 is 0. The predicted molar refractivity (Wildman–Crippen MR) is 192 cm³/mol. The lowest BCUT2D eigenvalue weighted by molar-refractivity contribution is -0.525. The van der Waals surface area contributed by atoms with Crippen molar-refractivity contribution in [2.24, 2.45) is 22.6 Å². The van der Waals surface area contributed by atoms with Gasteiger partial charge in [-0.3, -0.25) is 14.4 Å². The molecular formula is C36H54N8O6. The van der Waals surface area contributed by atoms with Crippen LogP contribution in [-0.2, 0) is 19.8 Å². The van der Waals surface area contributed by atoms with Crippen LogP contribution >= 0.6 is 0 Å². The number of nitro groups is 1. The smallest absolute Gasteiger partial charge is 0.251 e. The Morgan fingerprint density at radius 3 is 2.48 bits per heavy atom. The molecule has 4 atom stereocenters. The molecule has 2 aromatic rings. The van der Waals surface area contributed by atoms with Gasteiger partial charge in [0.05, 0.1) is 6.04 Å². The van der Waals surface area contributed by atoms with Crippen LogP contribution in [0, 0.1) is 22.0 Å². The van der Waals surface area contributed by atoms with Gasteiger partial charge in [-0.2, -0.15) is 0 Å². The maximum Gasteiger partial charge on any atom is 0.251 e. The number of hydrazine groups is 1. The van der Waals surface area contributed by atoms with Gasteiger partial charge in [0, 0.05) is 38.5 Å². The van der Waals surface area contributed by atoms with Crippen LogP contribution in [0.5, 0.6) is 5.75 Å². The first kappa shape index (κ1) is 39.7. The Kier molecular flexibility index (Phi) is 15.5. The van der Waals surface area contributed by atoms with Crippen molar-refractivity contribution < 1.29 is 24.5 Å². The van der Waals surface area contributed by atoms with E-state index >= 15 is 0 Å². The molecule has 0 bridgehead atoms. The highest BCUT2D eigenvalue weighted by molar-refractivity contribution is 5.88. The average molecular weight is 695 g/mol. The summed E-state index contributed by atoms with van der Waals surface area (Å²) in [5.74, 6) is -0.659. The Morgan fingerprint density at radius 2 is 1.82 bits per heavy atom. The van der Waals surface area contributed by atoms with E-state index in [0.717, 1.165) is 37.2 Å². The predicted octanol–water partition coefficient (Wildman–Crippen LogP) is 3.15. The maximum atomic E-state index is 13.8. The molecule has 1 aliphatic heterocycles. The number of rotatable bonds is 18. The largest absolute Gasteiger partial charge is 0.508 e. The molecule has 1 fully saturated rings. The number of aliphatic imine (C=N–C) groups is 1. The Balaban J connectivity index is 1.67. The van der Waals surface area contributed by atoms with Crippen molar-refractivity contribution in [1.29, 1.82) is 0 Å². The van der Waals surface area contributed by atoms with Gasteiger partial charge in [0.1, 0.15) is 11.8 Å². The standard InChI is InChI=1S/C36H54N8O6/c1-25(2)33(47)38-19-10-16-32(46)40-31(15-9-20-39-35(37)42-44(49)50)34(48)41-30(27-11-6-5-7-12-27)17-21-43-22-18-36(4,26(3)24-43)28-13-8-14-29(45)23-28/h5-8,11-14,23,25-26,30-31,45H,9-10,15-22,24H2,1-4H3,(H,38,47)(H,40,46)(H,41,48)(H3,37,39,42)/t26-,30?,31?,36-/m0/s1. The topological polar surface area (TPSA) is 204 Å². The second-order valence-electron chi connectivity index (χ2n) is 13.6. The van der Waals surface area contributed by atoms with Crippen molar-refractivity contribution in [3.63, 3.8) is 0 Å². The summed E-state index contributed by atoms with van der Waals surface area (Å²) in [6.45, 7) is 11.0. The molecule has 0 aromatic heterocycles. The molecule has 0 saturated carbocycles. The third-order valence-corrected chi connectivity index (χ3v) is 9.52. The van der Waals surface area contributed by atoms with E-state index in [4.69, 9.17) is 5.73 Å². The second-order valence-corrected chi connectivity index (χ2v) is 13.6. The van der Waals surface area contributed by atoms with Gasteiger partial charge in [-0.25, -0.2) is 15.1 Å². The minimum atomic E-state index is -0.878. The molecule has 3 rings (SSSR count). The number of hydrogen-bond acceptors (Lipinski definition) is 8. The van der Waals surface area contributed by atoms with E-state index in [-0.39, 0.29) is 66.2 Å². The molecule has 2 aromatic carbocycles. The Bertz CT molecular complexity index is 1460. The van der Waals surface area contributed by atoms with Crippen LogP contribution in [-0.4, -0.2) is 77.5 Å². The molecule has 2 unspecified atom stereocenters. The van der Waals surface area contributed by atoms with Gasteiger partial charge in [-0.05, 0) is 73.2 Å². The van der Waals surface area contributed by atoms with Gasteiger partial charge in [-0.15, -0.1) is 0 Å². The third kappa shape index (κ3) is 12.6. The molecule has 274 valence electrons. The molecule has 14 heteroatoms. The summed E-state index contributed by atoms with van der Waals surface area (Å²) < 4.78 is 0. The number of guanidine groups is 1. The molecule has 0 radical (unpaired) electrons. The van der Waals surface area contributed by atoms with Crippen molar-refractivity contribution in [2.75, 3.05) is 32.7 Å². The van der Waals surface area contributed by atoms with Crippen LogP contribution < -0.4 is 27.1 Å². The first-order valence-electron chi connectivity index (χ1n) is 17.4. The number of piperidine rings is 1. The summed E-state index contributed by atoms with van der Waals surface area (Å²) in [6, 6.07) is 16.0. The number of nitrogens with one attached hydrogen (secondary N) is 4. The van der Waals surface area contributed by atoms with Gasteiger partial charge in [0.15, 0.2) is 5.03 Å². The fourth-order valence-electron chi connectivity index (χ4n) is 6.23. The van der Waals surface area contributed by atoms with E-state index in [9.17, 15) is 29.6 Å². The summed E-state index contributed by atoms with van der Waals surface area (Å²) in [6.07, 6.45) is 2.68. The number of carbonyl (C=O) groups excluding carboxylic acids is 3. The van der Waals surface area contributed by atoms with Gasteiger partial charge in [0.2, 0.25) is 17.7 Å². The molecular weight excluding hydrogens is 640 g/mol. The van der Waals surface area contributed by atoms with Gasteiger partial charge in [0.25, 0.3) is 5.96 Å². The van der Waals surface area contributed by atoms with Crippen LogP contribution in [0.15, 0.2) is 59.6 Å². The first-order valence-corrected chi connectivity index (χ1v) is 17.4. The fraction of sp³-hybridized carbons (Fsp3) is 0.556. The van der Waals surface area contributed by atoms with Crippen LogP contribution in [0.4, 0.5) is 0 Å². The van der Waals surface area contributed by atoms with E-state index in [0.29, 0.717) is 31.7 Å². The zero-order valence-electron chi connectivity index (χ0n) is 29.7. The van der Waals surface area contributed by atoms with Crippen LogP contribution in [0.25, 0.3) is 0 Å². The zero-order valence-corrected chi connectivity index (χ0v) is 29.7. The number of likely N-dealkylation sites (tertiary alicyclic amines) is 1. The SMILES string of the molecule is CC(C)C(=O)NCCCC(=O)NC(CCCN=C(N)N[N+](=O)[O-])C(=O)NC(CCN1CC[C@](C)(c2cccc(O)c2)[C@@H](C)C1)c1ccccc1. The van der Waals surface area contributed by atoms with Gasteiger partial charge in [-0.1, -0.05) is 75.6 Å². The monoisotopic (exact) mass is 694 g/mol. The lowest BCUT2D eigenvalue weighted by Gasteiger charge is -2.45. The highest BCUT2D eigenvalue weighted by Crippen LogP contribution is 2.40. The van der Waals surface area contributed by atoms with Crippen molar-refractivity contribution in [1.82, 2.24) is 26.3 Å². The molecule has 1 aliphatic rings. The number of phenolic OH excluding ortho intramolecular Hbond substituents is 1. The minimum Gasteiger partial charge on any atom is -0.508 e. The van der Waals surface area contributed by atoms with Gasteiger partial charge >= 0.3 is 0 Å². The van der Waals surface area contributed by atoms with Crippen molar-refractivity contribution in [3.05, 3.63) is 75.8 Å². The van der Waals surface area contributed by atoms with Crippen molar-refractivity contribution in [3.8, 4) is 5.75 Å². The van der Waals surface area contributed by atoms with Gasteiger partial charge < -0.3 is 31.7 Å². The summed E-state index contributed by atoms with van der Waals surface area (Å²) in [5.41, 5.74) is 9.33. The number of carbonyl (C=O) groups is 3. The molecule has 0 aliphatic carbocycles. The molecule has 1 heterocycles. The average Bonchev–Trinajstić information content (AvgIpc) is 3.07. The van der Waals surface area contributed by atoms with Crippen LogP contribution in [0.3, 0.4) is 0 Å². The van der Waals surface area contributed by atoms with Crippen LogP contribution in [0.1, 0.15) is 83.4 Å². The molecule has 14 nitrogen and oxygen atoms in total. The Hall–Kier alpha value is -4.72. The summed E-state index contributed by atoms with van der Waals surface area (Å²) in [7, 11) is 0. The molecule has 7 N–H and O–H groups in total. The number of nitrogens with zero attached hydrogens (tertiary/aromatic N) is 3. The van der Waals surface area contributed by atoms with Crippen molar-refractivity contribution in [2.45, 2.75) is 83.7 Å².